The molecule has 170 valence electrons. The van der Waals surface area contributed by atoms with Crippen molar-refractivity contribution in [1.82, 2.24) is 14.8 Å². The molecule has 0 unspecified atom stereocenters. The van der Waals surface area contributed by atoms with Crippen molar-refractivity contribution in [2.24, 2.45) is 0 Å². The van der Waals surface area contributed by atoms with Crippen LogP contribution in [0, 0.1) is 0 Å². The number of nitrogens with zero attached hydrogens (tertiary/aromatic N) is 4. The van der Waals surface area contributed by atoms with Crippen molar-refractivity contribution in [3.8, 4) is 11.5 Å². The number of piperazine rings is 1. The number of benzene rings is 2. The first-order chi connectivity index (χ1) is 15.6. The van der Waals surface area contributed by atoms with Crippen molar-refractivity contribution in [3.05, 3.63) is 70.7 Å². The quantitative estimate of drug-likeness (QED) is 0.487. The van der Waals surface area contributed by atoms with Gasteiger partial charge in [-0.05, 0) is 42.4 Å². The van der Waals surface area contributed by atoms with Crippen LogP contribution in [0.15, 0.2) is 53.9 Å². The Morgan fingerprint density at radius 2 is 1.50 bits per heavy atom. The normalized spacial score (nSPS) is 15.0. The van der Waals surface area contributed by atoms with Crippen molar-refractivity contribution in [2.45, 2.75) is 19.6 Å². The van der Waals surface area contributed by atoms with Gasteiger partial charge in [0.2, 0.25) is 0 Å². The van der Waals surface area contributed by atoms with E-state index < -0.39 is 0 Å². The van der Waals surface area contributed by atoms with Crippen molar-refractivity contribution in [3.63, 3.8) is 0 Å². The molecular weight excluding hydrogens is 420 g/mol. The van der Waals surface area contributed by atoms with E-state index in [1.807, 2.05) is 24.3 Å². The Balaban J connectivity index is 1.53. The fourth-order valence-electron chi connectivity index (χ4n) is 3.92. The number of hydrogen-bond donors (Lipinski definition) is 0. The first-order valence-electron chi connectivity index (χ1n) is 11.0. The summed E-state index contributed by atoms with van der Waals surface area (Å²) in [6, 6.07) is 16.5. The topological polar surface area (TPSA) is 41.1 Å². The average Bonchev–Trinajstić information content (AvgIpc) is 3.29. The summed E-state index contributed by atoms with van der Waals surface area (Å²) in [5, 5.41) is 3.25. The molecule has 4 rings (SSSR count). The molecule has 6 nitrogen and oxygen atoms in total. The Bertz CT molecular complexity index is 951. The maximum absolute atomic E-state index is 5.43. The Kier molecular flexibility index (Phi) is 7.63. The molecule has 1 aliphatic rings. The largest absolute Gasteiger partial charge is 0.497 e. The van der Waals surface area contributed by atoms with E-state index in [1.54, 1.807) is 25.6 Å². The Morgan fingerprint density at radius 1 is 0.906 bits per heavy atom. The van der Waals surface area contributed by atoms with Gasteiger partial charge in [0.1, 0.15) is 11.5 Å². The second-order valence-electron chi connectivity index (χ2n) is 8.26. The summed E-state index contributed by atoms with van der Waals surface area (Å²) in [6.07, 6.45) is 0. The zero-order valence-corrected chi connectivity index (χ0v) is 20.0. The van der Waals surface area contributed by atoms with Gasteiger partial charge in [0, 0.05) is 51.2 Å². The highest BCUT2D eigenvalue weighted by molar-refractivity contribution is 7.13. The monoisotopic (exact) mass is 452 g/mol. The maximum atomic E-state index is 5.43. The molecule has 0 aliphatic carbocycles. The highest BCUT2D eigenvalue weighted by atomic mass is 32.1. The van der Waals surface area contributed by atoms with Gasteiger partial charge in [-0.2, -0.15) is 0 Å². The van der Waals surface area contributed by atoms with E-state index in [1.165, 1.54) is 11.1 Å². The van der Waals surface area contributed by atoms with Crippen LogP contribution in [-0.2, 0) is 19.6 Å². The molecule has 0 amide bonds. The Hall–Kier alpha value is -2.61. The molecule has 0 atom stereocenters. The highest BCUT2D eigenvalue weighted by Gasteiger charge is 2.18. The number of ether oxygens (including phenoxy) is 2. The third-order valence-electron chi connectivity index (χ3n) is 5.81. The van der Waals surface area contributed by atoms with E-state index >= 15 is 0 Å². The lowest BCUT2D eigenvalue weighted by Crippen LogP contribution is -2.43. The predicted octanol–water partition coefficient (Wildman–Crippen LogP) is 4.11. The van der Waals surface area contributed by atoms with Crippen LogP contribution in [-0.4, -0.2) is 62.2 Å². The average molecular weight is 453 g/mol. The molecule has 1 aliphatic heterocycles. The summed E-state index contributed by atoms with van der Waals surface area (Å²) < 4.78 is 10.9. The van der Waals surface area contributed by atoms with Crippen LogP contribution in [0.3, 0.4) is 0 Å². The number of aromatic nitrogens is 1. The predicted molar refractivity (Wildman–Crippen MR) is 131 cm³/mol. The summed E-state index contributed by atoms with van der Waals surface area (Å²) in [5.41, 5.74) is 3.54. The van der Waals surface area contributed by atoms with Crippen molar-refractivity contribution in [2.75, 3.05) is 52.3 Å². The van der Waals surface area contributed by atoms with Crippen LogP contribution >= 0.6 is 11.3 Å². The van der Waals surface area contributed by atoms with E-state index in [0.29, 0.717) is 0 Å². The van der Waals surface area contributed by atoms with Crippen molar-refractivity contribution < 1.29 is 9.47 Å². The standard InChI is InChI=1S/C25H32N4O2S/c1-27-10-12-28(13-11-27)18-22-19-32-25(26-22)29(16-20-6-4-8-23(14-20)30-2)17-21-7-5-9-24(15-21)31-3/h4-9,14-15,19H,10-13,16-18H2,1-3H3. The van der Waals surface area contributed by atoms with Gasteiger partial charge in [0.05, 0.1) is 19.9 Å². The van der Waals surface area contributed by atoms with Gasteiger partial charge in [-0.15, -0.1) is 11.3 Å². The zero-order chi connectivity index (χ0) is 22.3. The van der Waals surface area contributed by atoms with E-state index in [4.69, 9.17) is 14.5 Å². The van der Waals surface area contributed by atoms with E-state index in [9.17, 15) is 0 Å². The van der Waals surface area contributed by atoms with Gasteiger partial charge in [-0.3, -0.25) is 4.90 Å². The molecule has 1 saturated heterocycles. The van der Waals surface area contributed by atoms with Crippen LogP contribution in [0.5, 0.6) is 11.5 Å². The molecule has 0 saturated carbocycles. The summed E-state index contributed by atoms with van der Waals surface area (Å²) in [5.74, 6) is 1.75. The minimum absolute atomic E-state index is 0.760. The minimum Gasteiger partial charge on any atom is -0.497 e. The Labute approximate surface area is 195 Å². The molecule has 32 heavy (non-hydrogen) atoms. The first-order valence-corrected chi connectivity index (χ1v) is 11.9. The van der Waals surface area contributed by atoms with Crippen LogP contribution < -0.4 is 14.4 Å². The molecule has 0 N–H and O–H groups in total. The van der Waals surface area contributed by atoms with Gasteiger partial charge in [0.25, 0.3) is 0 Å². The molecule has 7 heteroatoms. The maximum Gasteiger partial charge on any atom is 0.186 e. The number of rotatable bonds is 9. The van der Waals surface area contributed by atoms with Crippen LogP contribution in [0.25, 0.3) is 0 Å². The van der Waals surface area contributed by atoms with Crippen LogP contribution in [0.2, 0.25) is 0 Å². The van der Waals surface area contributed by atoms with Crippen LogP contribution in [0.1, 0.15) is 16.8 Å². The lowest BCUT2D eigenvalue weighted by atomic mass is 10.1. The van der Waals surface area contributed by atoms with Gasteiger partial charge in [-0.1, -0.05) is 24.3 Å². The molecule has 0 radical (unpaired) electrons. The van der Waals surface area contributed by atoms with Gasteiger partial charge in [0.15, 0.2) is 5.13 Å². The molecule has 1 aromatic heterocycles. The second kappa shape index (κ2) is 10.8. The van der Waals surface area contributed by atoms with Crippen LogP contribution in [0.4, 0.5) is 5.13 Å². The summed E-state index contributed by atoms with van der Waals surface area (Å²) in [6.45, 7) is 6.87. The van der Waals surface area contributed by atoms with Gasteiger partial charge in [-0.25, -0.2) is 4.98 Å². The molecule has 0 spiro atoms. The minimum atomic E-state index is 0.760. The molecule has 1 fully saturated rings. The third-order valence-corrected chi connectivity index (χ3v) is 6.76. The molecule has 3 aromatic rings. The Morgan fingerprint density at radius 3 is 2.06 bits per heavy atom. The van der Waals surface area contributed by atoms with E-state index in [2.05, 4.69) is 51.4 Å². The highest BCUT2D eigenvalue weighted by Crippen LogP contribution is 2.27. The molecule has 2 aromatic carbocycles. The number of likely N-dealkylation sites (N-methyl/N-ethyl adjacent to an activating group) is 1. The van der Waals surface area contributed by atoms with Gasteiger partial charge >= 0.3 is 0 Å². The molecular formula is C25H32N4O2S. The fourth-order valence-corrected chi connectivity index (χ4v) is 4.74. The molecule has 2 heterocycles. The second-order valence-corrected chi connectivity index (χ2v) is 9.10. The number of hydrogen-bond acceptors (Lipinski definition) is 7. The smallest absolute Gasteiger partial charge is 0.186 e. The molecule has 0 bridgehead atoms. The lowest BCUT2D eigenvalue weighted by molar-refractivity contribution is 0.147. The van der Waals surface area contributed by atoms with Gasteiger partial charge < -0.3 is 19.3 Å². The summed E-state index contributed by atoms with van der Waals surface area (Å²) >= 11 is 1.72. The SMILES string of the molecule is COc1cccc(CN(Cc2cccc(OC)c2)c2nc(CN3CCN(C)CC3)cs2)c1. The zero-order valence-electron chi connectivity index (χ0n) is 19.2. The lowest BCUT2D eigenvalue weighted by Gasteiger charge is -2.31. The van der Waals surface area contributed by atoms with Crippen molar-refractivity contribution >= 4 is 16.5 Å². The summed E-state index contributed by atoms with van der Waals surface area (Å²) in [7, 11) is 5.60. The summed E-state index contributed by atoms with van der Waals surface area (Å²) in [4.78, 5) is 12.2. The number of anilines is 1. The van der Waals surface area contributed by atoms with E-state index in [0.717, 1.165) is 68.1 Å². The number of methoxy groups -OCH3 is 2. The number of thiazole rings is 1. The first kappa shape index (κ1) is 22.6. The van der Waals surface area contributed by atoms with E-state index in [-0.39, 0.29) is 0 Å². The van der Waals surface area contributed by atoms with Crippen molar-refractivity contribution in [1.29, 1.82) is 0 Å². The fraction of sp³-hybridized carbons (Fsp3) is 0.400. The third kappa shape index (κ3) is 6.00.